The molecule has 1 aromatic carbocycles. The van der Waals surface area contributed by atoms with E-state index in [0.717, 1.165) is 28.9 Å². The maximum Gasteiger partial charge on any atom is 0.130 e. The lowest BCUT2D eigenvalue weighted by molar-refractivity contribution is 0.142. The molecule has 0 saturated carbocycles. The minimum Gasteiger partial charge on any atom is -0.491 e. The van der Waals surface area contributed by atoms with Crippen molar-refractivity contribution in [3.8, 4) is 5.75 Å². The van der Waals surface area contributed by atoms with Gasteiger partial charge in [0.2, 0.25) is 0 Å². The summed E-state index contributed by atoms with van der Waals surface area (Å²) in [7, 11) is 0. The minimum atomic E-state index is 0.529. The number of nitrogens with zero attached hydrogens (tertiary/aromatic N) is 2. The molecule has 0 unspecified atom stereocenters. The van der Waals surface area contributed by atoms with Gasteiger partial charge in [-0.05, 0) is 53.2 Å². The van der Waals surface area contributed by atoms with Crippen molar-refractivity contribution >= 4 is 10.9 Å². The Morgan fingerprint density at radius 1 is 1.09 bits per heavy atom. The summed E-state index contributed by atoms with van der Waals surface area (Å²) in [6.45, 7) is 14.7. The molecule has 0 aliphatic heterocycles. The number of hydrogen-bond donors (Lipinski definition) is 0. The highest BCUT2D eigenvalue weighted by Gasteiger charge is 2.13. The van der Waals surface area contributed by atoms with Gasteiger partial charge in [-0.25, -0.2) is 0 Å². The van der Waals surface area contributed by atoms with E-state index in [2.05, 4.69) is 62.7 Å². The van der Waals surface area contributed by atoms with Gasteiger partial charge in [-0.15, -0.1) is 0 Å². The maximum atomic E-state index is 6.10. The molecule has 0 spiro atoms. The number of para-hydroxylation sites is 1. The van der Waals surface area contributed by atoms with Gasteiger partial charge < -0.3 is 4.74 Å². The number of aryl methyl sites for hydroxylation is 2. The fraction of sp³-hybridized carbons (Fsp3) is 0.526. The van der Waals surface area contributed by atoms with Gasteiger partial charge in [0.1, 0.15) is 12.4 Å². The van der Waals surface area contributed by atoms with Crippen molar-refractivity contribution in [2.75, 3.05) is 13.2 Å². The molecule has 0 radical (unpaired) electrons. The number of pyridine rings is 1. The lowest BCUT2D eigenvalue weighted by Gasteiger charge is -2.30. The van der Waals surface area contributed by atoms with Crippen LogP contribution in [0.2, 0.25) is 0 Å². The van der Waals surface area contributed by atoms with E-state index >= 15 is 0 Å². The lowest BCUT2D eigenvalue weighted by Crippen LogP contribution is -2.39. The molecule has 2 rings (SSSR count). The molecular weight excluding hydrogens is 272 g/mol. The predicted octanol–water partition coefficient (Wildman–Crippen LogP) is 4.35. The van der Waals surface area contributed by atoms with Gasteiger partial charge in [0.05, 0.1) is 5.52 Å². The van der Waals surface area contributed by atoms with E-state index in [1.54, 1.807) is 0 Å². The number of hydrogen-bond acceptors (Lipinski definition) is 3. The molecule has 0 fully saturated rings. The highest BCUT2D eigenvalue weighted by molar-refractivity contribution is 5.87. The van der Waals surface area contributed by atoms with Gasteiger partial charge in [0.25, 0.3) is 0 Å². The number of aromatic nitrogens is 1. The zero-order valence-electron chi connectivity index (χ0n) is 14.7. The van der Waals surface area contributed by atoms with Gasteiger partial charge in [-0.1, -0.05) is 12.1 Å². The number of fused-ring (bicyclic) bond motifs is 1. The second kappa shape index (κ2) is 7.10. The predicted molar refractivity (Wildman–Crippen MR) is 93.7 cm³/mol. The van der Waals surface area contributed by atoms with Crippen molar-refractivity contribution < 1.29 is 4.74 Å². The molecule has 3 nitrogen and oxygen atoms in total. The third-order valence-corrected chi connectivity index (χ3v) is 4.06. The average Bonchev–Trinajstić information content (AvgIpc) is 2.43. The van der Waals surface area contributed by atoms with Crippen LogP contribution < -0.4 is 4.74 Å². The van der Waals surface area contributed by atoms with E-state index in [0.29, 0.717) is 18.7 Å². The molecule has 0 saturated heterocycles. The fourth-order valence-corrected chi connectivity index (χ4v) is 2.98. The molecule has 0 atom stereocenters. The monoisotopic (exact) mass is 300 g/mol. The fourth-order valence-electron chi connectivity index (χ4n) is 2.98. The Labute approximate surface area is 134 Å². The third kappa shape index (κ3) is 3.77. The van der Waals surface area contributed by atoms with E-state index in [4.69, 9.17) is 4.74 Å². The van der Waals surface area contributed by atoms with Crippen molar-refractivity contribution in [2.45, 2.75) is 53.6 Å². The first-order valence-electron chi connectivity index (χ1n) is 8.15. The first kappa shape index (κ1) is 16.8. The standard InChI is InChI=1S/C19H28N2O/c1-13(2)21(14(3)4)10-11-22-18-12-16(6)20-19-15(5)8-7-9-17(18)19/h7-9,12-14H,10-11H2,1-6H3. The van der Waals surface area contributed by atoms with Gasteiger partial charge in [0.15, 0.2) is 0 Å². The van der Waals surface area contributed by atoms with Crippen LogP contribution in [-0.4, -0.2) is 35.1 Å². The van der Waals surface area contributed by atoms with Crippen LogP contribution in [0.25, 0.3) is 10.9 Å². The Kier molecular flexibility index (Phi) is 5.41. The molecule has 0 N–H and O–H groups in total. The van der Waals surface area contributed by atoms with Gasteiger partial charge >= 0.3 is 0 Å². The van der Waals surface area contributed by atoms with E-state index in [1.165, 1.54) is 5.56 Å². The SMILES string of the molecule is Cc1cc(OCCN(C(C)C)C(C)C)c2cccc(C)c2n1. The van der Waals surface area contributed by atoms with E-state index in [-0.39, 0.29) is 0 Å². The zero-order chi connectivity index (χ0) is 16.3. The van der Waals surface area contributed by atoms with Crippen molar-refractivity contribution in [2.24, 2.45) is 0 Å². The van der Waals surface area contributed by atoms with Crippen molar-refractivity contribution in [1.82, 2.24) is 9.88 Å². The Morgan fingerprint density at radius 3 is 2.41 bits per heavy atom. The molecule has 0 bridgehead atoms. The van der Waals surface area contributed by atoms with Crippen LogP contribution in [0.15, 0.2) is 24.3 Å². The molecule has 1 aromatic heterocycles. The smallest absolute Gasteiger partial charge is 0.130 e. The van der Waals surface area contributed by atoms with Gasteiger partial charge in [-0.2, -0.15) is 0 Å². The zero-order valence-corrected chi connectivity index (χ0v) is 14.7. The van der Waals surface area contributed by atoms with Gasteiger partial charge in [-0.3, -0.25) is 9.88 Å². The summed E-state index contributed by atoms with van der Waals surface area (Å²) in [5.41, 5.74) is 3.24. The molecule has 3 heteroatoms. The first-order valence-corrected chi connectivity index (χ1v) is 8.15. The Hall–Kier alpha value is -1.61. The topological polar surface area (TPSA) is 25.4 Å². The molecule has 2 aromatic rings. The summed E-state index contributed by atoms with van der Waals surface area (Å²) in [5.74, 6) is 0.943. The van der Waals surface area contributed by atoms with Crippen LogP contribution >= 0.6 is 0 Å². The Balaban J connectivity index is 2.17. The van der Waals surface area contributed by atoms with Crippen LogP contribution in [0.1, 0.15) is 39.0 Å². The summed E-state index contributed by atoms with van der Waals surface area (Å²) >= 11 is 0. The molecule has 0 aliphatic carbocycles. The van der Waals surface area contributed by atoms with E-state index < -0.39 is 0 Å². The molecule has 120 valence electrons. The largest absolute Gasteiger partial charge is 0.491 e. The lowest BCUT2D eigenvalue weighted by atomic mass is 10.1. The van der Waals surface area contributed by atoms with E-state index in [9.17, 15) is 0 Å². The first-order chi connectivity index (χ1) is 10.4. The van der Waals surface area contributed by atoms with Crippen LogP contribution in [0.4, 0.5) is 0 Å². The summed E-state index contributed by atoms with van der Waals surface area (Å²) in [4.78, 5) is 7.09. The molecule has 0 aliphatic rings. The summed E-state index contributed by atoms with van der Waals surface area (Å²) < 4.78 is 6.10. The number of ether oxygens (including phenoxy) is 1. The summed E-state index contributed by atoms with van der Waals surface area (Å²) in [5, 5.41) is 1.10. The third-order valence-electron chi connectivity index (χ3n) is 4.06. The maximum absolute atomic E-state index is 6.10. The second-order valence-corrected chi connectivity index (χ2v) is 6.51. The molecule has 22 heavy (non-hydrogen) atoms. The minimum absolute atomic E-state index is 0.529. The Bertz CT molecular complexity index is 627. The average molecular weight is 300 g/mol. The van der Waals surface area contributed by atoms with Crippen LogP contribution in [0.3, 0.4) is 0 Å². The molecular formula is C19H28N2O. The van der Waals surface area contributed by atoms with E-state index in [1.807, 2.05) is 13.0 Å². The quantitative estimate of drug-likeness (QED) is 0.793. The van der Waals surface area contributed by atoms with Crippen molar-refractivity contribution in [3.05, 3.63) is 35.5 Å². The number of benzene rings is 1. The van der Waals surface area contributed by atoms with Crippen LogP contribution in [-0.2, 0) is 0 Å². The highest BCUT2D eigenvalue weighted by Crippen LogP contribution is 2.27. The number of rotatable bonds is 6. The van der Waals surface area contributed by atoms with Crippen molar-refractivity contribution in [1.29, 1.82) is 0 Å². The summed E-state index contributed by atoms with van der Waals surface area (Å²) in [6.07, 6.45) is 0. The normalized spacial score (nSPS) is 11.9. The highest BCUT2D eigenvalue weighted by atomic mass is 16.5. The van der Waals surface area contributed by atoms with Crippen LogP contribution in [0.5, 0.6) is 5.75 Å². The Morgan fingerprint density at radius 2 is 1.77 bits per heavy atom. The second-order valence-electron chi connectivity index (χ2n) is 6.51. The molecule has 0 amide bonds. The van der Waals surface area contributed by atoms with Crippen LogP contribution in [0, 0.1) is 13.8 Å². The van der Waals surface area contributed by atoms with Crippen molar-refractivity contribution in [3.63, 3.8) is 0 Å². The molecule has 1 heterocycles. The van der Waals surface area contributed by atoms with Gasteiger partial charge in [0, 0.05) is 35.8 Å². The summed E-state index contributed by atoms with van der Waals surface area (Å²) in [6, 6.07) is 9.35.